The van der Waals surface area contributed by atoms with Crippen LogP contribution in [0.3, 0.4) is 0 Å². The number of nitrogens with zero attached hydrogens (tertiary/aromatic N) is 3. The zero-order chi connectivity index (χ0) is 17.5. The molecule has 24 heavy (non-hydrogen) atoms. The fourth-order valence-electron chi connectivity index (χ4n) is 2.41. The molecule has 0 atom stereocenters. The summed E-state index contributed by atoms with van der Waals surface area (Å²) < 4.78 is 0. The highest BCUT2D eigenvalue weighted by molar-refractivity contribution is 5.62. The fraction of sp³-hybridized carbons (Fsp3) is 0.421. The molecule has 0 fully saturated rings. The van der Waals surface area contributed by atoms with Gasteiger partial charge in [0.05, 0.1) is 34.2 Å². The van der Waals surface area contributed by atoms with Gasteiger partial charge in [0.15, 0.2) is 0 Å². The molecule has 0 aromatic carbocycles. The summed E-state index contributed by atoms with van der Waals surface area (Å²) in [6, 6.07) is 10.1. The van der Waals surface area contributed by atoms with Crippen LogP contribution in [0.2, 0.25) is 0 Å². The topological polar surface area (TPSA) is 70.2 Å². The van der Waals surface area contributed by atoms with E-state index in [2.05, 4.69) is 74.1 Å². The minimum atomic E-state index is 0.0113. The van der Waals surface area contributed by atoms with Gasteiger partial charge in [0.2, 0.25) is 0 Å². The molecule has 0 saturated carbocycles. The minimum absolute atomic E-state index is 0.0113. The highest BCUT2D eigenvalue weighted by atomic mass is 15.1. The van der Waals surface area contributed by atoms with Crippen LogP contribution in [-0.2, 0) is 10.8 Å². The predicted molar refractivity (Wildman–Crippen MR) is 96.8 cm³/mol. The molecule has 3 heterocycles. The maximum Gasteiger partial charge on any atom is 0.0888 e. The molecule has 0 amide bonds. The van der Waals surface area contributed by atoms with E-state index in [4.69, 9.17) is 4.98 Å². The Morgan fingerprint density at radius 2 is 1.12 bits per heavy atom. The van der Waals surface area contributed by atoms with Crippen LogP contribution in [0, 0.1) is 0 Å². The van der Waals surface area contributed by atoms with E-state index in [0.717, 1.165) is 34.2 Å². The molecule has 0 aliphatic rings. The molecule has 3 rings (SSSR count). The molecule has 0 bridgehead atoms. The van der Waals surface area contributed by atoms with Gasteiger partial charge in [0, 0.05) is 10.8 Å². The number of pyridine rings is 1. The van der Waals surface area contributed by atoms with E-state index < -0.39 is 0 Å². The Bertz CT molecular complexity index is 776. The van der Waals surface area contributed by atoms with Crippen molar-refractivity contribution in [3.05, 3.63) is 41.7 Å². The molecule has 0 spiro atoms. The molecule has 5 heteroatoms. The molecular formula is C19H25N5. The zero-order valence-corrected chi connectivity index (χ0v) is 15.2. The van der Waals surface area contributed by atoms with Crippen LogP contribution in [-0.4, -0.2) is 25.4 Å². The average Bonchev–Trinajstić information content (AvgIpc) is 3.16. The molecule has 0 aliphatic carbocycles. The van der Waals surface area contributed by atoms with Gasteiger partial charge < -0.3 is 0 Å². The van der Waals surface area contributed by atoms with Crippen LogP contribution < -0.4 is 0 Å². The Morgan fingerprint density at radius 3 is 1.46 bits per heavy atom. The molecule has 0 saturated heterocycles. The molecule has 0 radical (unpaired) electrons. The molecule has 5 nitrogen and oxygen atoms in total. The summed E-state index contributed by atoms with van der Waals surface area (Å²) in [5, 5.41) is 15.0. The van der Waals surface area contributed by atoms with Crippen molar-refractivity contribution in [2.45, 2.75) is 52.4 Å². The Labute approximate surface area is 142 Å². The van der Waals surface area contributed by atoms with Crippen molar-refractivity contribution < 1.29 is 0 Å². The van der Waals surface area contributed by atoms with Gasteiger partial charge in [-0.25, -0.2) is 4.98 Å². The van der Waals surface area contributed by atoms with Gasteiger partial charge >= 0.3 is 0 Å². The lowest BCUT2D eigenvalue weighted by molar-refractivity contribution is 0.566. The monoisotopic (exact) mass is 323 g/mol. The first-order valence-corrected chi connectivity index (χ1v) is 8.24. The standard InChI is InChI=1S/C19H25N5/c1-18(2,3)16-10-14(21-23-16)12-8-7-9-13(20-12)15-11-17(24-22-15)19(4,5)6/h7-11H,1-6H3,(H,21,23)(H,22,24). The van der Waals surface area contributed by atoms with E-state index in [1.165, 1.54) is 0 Å². The summed E-state index contributed by atoms with van der Waals surface area (Å²) in [5.41, 5.74) is 5.69. The zero-order valence-electron chi connectivity index (χ0n) is 15.2. The number of H-pyrrole nitrogens is 2. The molecule has 0 aliphatic heterocycles. The molecule has 0 unspecified atom stereocenters. The highest BCUT2D eigenvalue weighted by Crippen LogP contribution is 2.27. The lowest BCUT2D eigenvalue weighted by Crippen LogP contribution is -2.11. The Kier molecular flexibility index (Phi) is 3.82. The van der Waals surface area contributed by atoms with Gasteiger partial charge in [-0.1, -0.05) is 47.6 Å². The van der Waals surface area contributed by atoms with E-state index in [-0.39, 0.29) is 10.8 Å². The first-order valence-electron chi connectivity index (χ1n) is 8.24. The van der Waals surface area contributed by atoms with Gasteiger partial charge in [0.25, 0.3) is 0 Å². The van der Waals surface area contributed by atoms with Crippen LogP contribution in [0.25, 0.3) is 22.8 Å². The van der Waals surface area contributed by atoms with Crippen molar-refractivity contribution >= 4 is 0 Å². The Morgan fingerprint density at radius 1 is 0.708 bits per heavy atom. The Balaban J connectivity index is 1.95. The molecule has 2 N–H and O–H groups in total. The third-order valence-electron chi connectivity index (χ3n) is 3.99. The van der Waals surface area contributed by atoms with E-state index in [0.29, 0.717) is 0 Å². The summed E-state index contributed by atoms with van der Waals surface area (Å²) in [5.74, 6) is 0. The summed E-state index contributed by atoms with van der Waals surface area (Å²) >= 11 is 0. The number of aromatic nitrogens is 5. The third kappa shape index (κ3) is 3.25. The first kappa shape index (κ1) is 16.4. The van der Waals surface area contributed by atoms with Crippen molar-refractivity contribution in [1.29, 1.82) is 0 Å². The lowest BCUT2D eigenvalue weighted by atomic mass is 9.92. The molecule has 3 aromatic rings. The van der Waals surface area contributed by atoms with Gasteiger partial charge in [-0.15, -0.1) is 0 Å². The van der Waals surface area contributed by atoms with Crippen molar-refractivity contribution in [2.75, 3.05) is 0 Å². The lowest BCUT2D eigenvalue weighted by Gasteiger charge is -2.13. The number of hydrogen-bond acceptors (Lipinski definition) is 3. The average molecular weight is 323 g/mol. The van der Waals surface area contributed by atoms with E-state index in [9.17, 15) is 0 Å². The third-order valence-corrected chi connectivity index (χ3v) is 3.99. The molecular weight excluding hydrogens is 298 g/mol. The summed E-state index contributed by atoms with van der Waals surface area (Å²) in [7, 11) is 0. The van der Waals surface area contributed by atoms with E-state index >= 15 is 0 Å². The van der Waals surface area contributed by atoms with Crippen molar-refractivity contribution in [2.24, 2.45) is 0 Å². The fourth-order valence-corrected chi connectivity index (χ4v) is 2.41. The number of aromatic amines is 2. The number of nitrogens with one attached hydrogen (secondary N) is 2. The van der Waals surface area contributed by atoms with Gasteiger partial charge in [-0.3, -0.25) is 10.2 Å². The van der Waals surface area contributed by atoms with Gasteiger partial charge in [-0.2, -0.15) is 10.2 Å². The molecule has 3 aromatic heterocycles. The predicted octanol–water partition coefficient (Wildman–Crippen LogP) is 4.46. The van der Waals surface area contributed by atoms with Crippen molar-refractivity contribution in [3.8, 4) is 22.8 Å². The minimum Gasteiger partial charge on any atom is -0.276 e. The van der Waals surface area contributed by atoms with Crippen molar-refractivity contribution in [1.82, 2.24) is 25.4 Å². The van der Waals surface area contributed by atoms with Gasteiger partial charge in [0.1, 0.15) is 0 Å². The number of hydrogen-bond donors (Lipinski definition) is 2. The Hall–Kier alpha value is -2.43. The van der Waals surface area contributed by atoms with Crippen LogP contribution in [0.5, 0.6) is 0 Å². The largest absolute Gasteiger partial charge is 0.276 e. The second-order valence-electron chi connectivity index (χ2n) is 8.24. The van der Waals surface area contributed by atoms with Crippen LogP contribution in [0.4, 0.5) is 0 Å². The van der Waals surface area contributed by atoms with Crippen LogP contribution >= 0.6 is 0 Å². The second kappa shape index (κ2) is 5.58. The quantitative estimate of drug-likeness (QED) is 0.731. The maximum atomic E-state index is 4.76. The highest BCUT2D eigenvalue weighted by Gasteiger charge is 2.20. The van der Waals surface area contributed by atoms with Crippen LogP contribution in [0.1, 0.15) is 52.9 Å². The summed E-state index contributed by atoms with van der Waals surface area (Å²) in [6.07, 6.45) is 0. The number of rotatable bonds is 2. The van der Waals surface area contributed by atoms with Crippen LogP contribution in [0.15, 0.2) is 30.3 Å². The smallest absolute Gasteiger partial charge is 0.0888 e. The van der Waals surface area contributed by atoms with E-state index in [1.54, 1.807) is 0 Å². The normalized spacial score (nSPS) is 12.6. The molecule has 126 valence electrons. The van der Waals surface area contributed by atoms with Gasteiger partial charge in [-0.05, 0) is 24.3 Å². The summed E-state index contributed by atoms with van der Waals surface area (Å²) in [6.45, 7) is 12.9. The maximum absolute atomic E-state index is 4.76. The second-order valence-corrected chi connectivity index (χ2v) is 8.24. The summed E-state index contributed by atoms with van der Waals surface area (Å²) in [4.78, 5) is 4.76. The first-order chi connectivity index (χ1) is 11.1. The van der Waals surface area contributed by atoms with E-state index in [1.807, 2.05) is 18.2 Å². The van der Waals surface area contributed by atoms with Crippen molar-refractivity contribution in [3.63, 3.8) is 0 Å². The SMILES string of the molecule is CC(C)(C)c1cc(-c2cccc(-c3cc(C(C)(C)C)n[nH]3)n2)[nH]n1.